The third-order valence-corrected chi connectivity index (χ3v) is 1.40. The zero-order valence-electron chi connectivity index (χ0n) is 7.13. The summed E-state index contributed by atoms with van der Waals surface area (Å²) in [4.78, 5) is 11.0. The monoisotopic (exact) mass is 159 g/mol. The minimum atomic E-state index is -0.117. The second kappa shape index (κ2) is 5.09. The van der Waals surface area contributed by atoms with Crippen LogP contribution in [0.25, 0.3) is 0 Å². The van der Waals surface area contributed by atoms with E-state index in [1.165, 1.54) is 0 Å². The van der Waals surface area contributed by atoms with Gasteiger partial charge in [-0.25, -0.2) is 0 Å². The van der Waals surface area contributed by atoms with Crippen LogP contribution in [0.1, 0.15) is 13.8 Å². The molecule has 0 bridgehead atoms. The maximum atomic E-state index is 11.0. The van der Waals surface area contributed by atoms with Crippen LogP contribution in [0.3, 0.4) is 0 Å². The summed E-state index contributed by atoms with van der Waals surface area (Å²) in [6.45, 7) is 4.53. The highest BCUT2D eigenvalue weighted by atomic mass is 16.1. The quantitative estimate of drug-likeness (QED) is 0.494. The molecule has 0 saturated heterocycles. The maximum Gasteiger partial charge on any atom is 0.224 e. The smallest absolute Gasteiger partial charge is 0.224 e. The van der Waals surface area contributed by atoms with Crippen LogP contribution in [0.15, 0.2) is 0 Å². The minimum Gasteiger partial charge on any atom is -0.354 e. The molecule has 4 nitrogen and oxygen atoms in total. The van der Waals surface area contributed by atoms with E-state index >= 15 is 0 Å². The molecule has 0 fully saturated rings. The Morgan fingerprint density at radius 1 is 1.55 bits per heavy atom. The van der Waals surface area contributed by atoms with Crippen molar-refractivity contribution in [1.82, 2.24) is 5.32 Å². The molecule has 0 aliphatic rings. The van der Waals surface area contributed by atoms with Crippen molar-refractivity contribution in [3.05, 3.63) is 0 Å². The van der Waals surface area contributed by atoms with E-state index in [0.29, 0.717) is 13.1 Å². The summed E-state index contributed by atoms with van der Waals surface area (Å²) in [6, 6.07) is 0.00363. The molecule has 5 N–H and O–H groups in total. The number of amides is 1. The van der Waals surface area contributed by atoms with E-state index in [4.69, 9.17) is 11.5 Å². The summed E-state index contributed by atoms with van der Waals surface area (Å²) in [6.07, 6.45) is 0. The van der Waals surface area contributed by atoms with Crippen LogP contribution < -0.4 is 16.8 Å². The fourth-order valence-corrected chi connectivity index (χ4v) is 0.543. The maximum absolute atomic E-state index is 11.0. The lowest BCUT2D eigenvalue weighted by atomic mass is 10.1. The highest BCUT2D eigenvalue weighted by Gasteiger charge is 2.09. The van der Waals surface area contributed by atoms with Crippen molar-refractivity contribution in [1.29, 1.82) is 0 Å². The van der Waals surface area contributed by atoms with Gasteiger partial charge in [0.05, 0.1) is 0 Å². The molecule has 0 heterocycles. The summed E-state index contributed by atoms with van der Waals surface area (Å²) >= 11 is 0. The second-order valence-corrected chi connectivity index (χ2v) is 2.86. The molecule has 0 aliphatic heterocycles. The third-order valence-electron chi connectivity index (χ3n) is 1.40. The van der Waals surface area contributed by atoms with Crippen LogP contribution in [0.4, 0.5) is 0 Å². The van der Waals surface area contributed by atoms with Gasteiger partial charge < -0.3 is 16.8 Å². The zero-order valence-corrected chi connectivity index (χ0v) is 7.13. The molecule has 4 heteroatoms. The van der Waals surface area contributed by atoms with E-state index in [1.54, 1.807) is 6.92 Å². The predicted octanol–water partition coefficient (Wildman–Crippen LogP) is -0.955. The first-order valence-corrected chi connectivity index (χ1v) is 3.81. The first kappa shape index (κ1) is 10.4. The second-order valence-electron chi connectivity index (χ2n) is 2.86. The fourth-order valence-electron chi connectivity index (χ4n) is 0.543. The van der Waals surface area contributed by atoms with Crippen molar-refractivity contribution >= 4 is 5.91 Å². The number of hydrogen-bond acceptors (Lipinski definition) is 3. The lowest BCUT2D eigenvalue weighted by Crippen LogP contribution is -2.39. The Kier molecular flexibility index (Phi) is 4.81. The summed E-state index contributed by atoms with van der Waals surface area (Å²) in [5.74, 6) is -0.140. The van der Waals surface area contributed by atoms with Crippen LogP contribution in [-0.4, -0.2) is 25.0 Å². The highest BCUT2D eigenvalue weighted by molar-refractivity contribution is 5.78. The first-order valence-electron chi connectivity index (χ1n) is 3.81. The van der Waals surface area contributed by atoms with Crippen molar-refractivity contribution < 1.29 is 4.79 Å². The predicted molar refractivity (Wildman–Crippen MR) is 44.9 cm³/mol. The summed E-state index contributed by atoms with van der Waals surface area (Å²) in [5.41, 5.74) is 10.7. The Hall–Kier alpha value is -0.610. The Labute approximate surface area is 67.3 Å². The van der Waals surface area contributed by atoms with Crippen LogP contribution >= 0.6 is 0 Å². The fraction of sp³-hybridized carbons (Fsp3) is 0.857. The molecule has 0 aliphatic carbocycles. The van der Waals surface area contributed by atoms with Gasteiger partial charge in [0.25, 0.3) is 0 Å². The van der Waals surface area contributed by atoms with E-state index < -0.39 is 0 Å². The number of carbonyl (C=O) groups excluding carboxylic acids is 1. The summed E-state index contributed by atoms with van der Waals surface area (Å²) in [5, 5.41) is 2.69. The lowest BCUT2D eigenvalue weighted by Gasteiger charge is -2.11. The minimum absolute atomic E-state index is 0.00363. The van der Waals surface area contributed by atoms with Crippen LogP contribution in [-0.2, 0) is 4.79 Å². The average Bonchev–Trinajstić information content (AvgIpc) is 1.98. The van der Waals surface area contributed by atoms with Gasteiger partial charge in [-0.05, 0) is 6.92 Å². The van der Waals surface area contributed by atoms with Crippen molar-refractivity contribution in [3.8, 4) is 0 Å². The van der Waals surface area contributed by atoms with Gasteiger partial charge in [0.2, 0.25) is 5.91 Å². The molecule has 66 valence electrons. The van der Waals surface area contributed by atoms with E-state index in [0.717, 1.165) is 0 Å². The van der Waals surface area contributed by atoms with Crippen molar-refractivity contribution in [2.75, 3.05) is 13.1 Å². The molecular weight excluding hydrogens is 142 g/mol. The standard InChI is InChI=1S/C7H17N3O/c1-5(3-8)7(11)10-4-6(2)9/h5-6H,3-4,8-9H2,1-2H3,(H,10,11). The van der Waals surface area contributed by atoms with Crippen molar-refractivity contribution in [2.45, 2.75) is 19.9 Å². The largest absolute Gasteiger partial charge is 0.354 e. The Bertz CT molecular complexity index is 125. The Balaban J connectivity index is 3.52. The molecule has 0 aromatic carbocycles. The van der Waals surface area contributed by atoms with Crippen LogP contribution in [0.5, 0.6) is 0 Å². The van der Waals surface area contributed by atoms with Gasteiger partial charge in [-0.2, -0.15) is 0 Å². The summed E-state index contributed by atoms with van der Waals surface area (Å²) in [7, 11) is 0. The van der Waals surface area contributed by atoms with Crippen LogP contribution in [0, 0.1) is 5.92 Å². The topological polar surface area (TPSA) is 81.1 Å². The Morgan fingerprint density at radius 2 is 2.09 bits per heavy atom. The first-order chi connectivity index (χ1) is 5.07. The molecule has 0 aromatic rings. The molecule has 2 unspecified atom stereocenters. The lowest BCUT2D eigenvalue weighted by molar-refractivity contribution is -0.124. The molecule has 11 heavy (non-hydrogen) atoms. The Morgan fingerprint density at radius 3 is 2.45 bits per heavy atom. The number of carbonyl (C=O) groups is 1. The average molecular weight is 159 g/mol. The molecule has 0 radical (unpaired) electrons. The normalized spacial score (nSPS) is 15.6. The van der Waals surface area contributed by atoms with Crippen molar-refractivity contribution in [2.24, 2.45) is 17.4 Å². The van der Waals surface area contributed by atoms with E-state index in [1.807, 2.05) is 6.92 Å². The molecule has 0 spiro atoms. The number of nitrogens with one attached hydrogen (secondary N) is 1. The zero-order chi connectivity index (χ0) is 8.85. The molecular formula is C7H17N3O. The van der Waals surface area contributed by atoms with Gasteiger partial charge in [0.15, 0.2) is 0 Å². The molecule has 0 rings (SSSR count). The molecule has 1 amide bonds. The molecule has 0 aromatic heterocycles. The van der Waals surface area contributed by atoms with Gasteiger partial charge in [0.1, 0.15) is 0 Å². The number of hydrogen-bond donors (Lipinski definition) is 3. The summed E-state index contributed by atoms with van der Waals surface area (Å²) < 4.78 is 0. The number of nitrogens with two attached hydrogens (primary N) is 2. The highest BCUT2D eigenvalue weighted by Crippen LogP contribution is 1.89. The van der Waals surface area contributed by atoms with Gasteiger partial charge in [0, 0.05) is 25.0 Å². The van der Waals surface area contributed by atoms with Crippen LogP contribution in [0.2, 0.25) is 0 Å². The SMILES string of the molecule is CC(N)CNC(=O)C(C)CN. The molecule has 0 saturated carbocycles. The van der Waals surface area contributed by atoms with Gasteiger partial charge in [-0.3, -0.25) is 4.79 Å². The third kappa shape index (κ3) is 4.75. The van der Waals surface area contributed by atoms with Gasteiger partial charge in [-0.1, -0.05) is 6.92 Å². The van der Waals surface area contributed by atoms with E-state index in [9.17, 15) is 4.79 Å². The van der Waals surface area contributed by atoms with Crippen molar-refractivity contribution in [3.63, 3.8) is 0 Å². The van der Waals surface area contributed by atoms with E-state index in [2.05, 4.69) is 5.32 Å². The molecule has 2 atom stereocenters. The van der Waals surface area contributed by atoms with E-state index in [-0.39, 0.29) is 17.9 Å². The van der Waals surface area contributed by atoms with Gasteiger partial charge in [-0.15, -0.1) is 0 Å². The van der Waals surface area contributed by atoms with Gasteiger partial charge >= 0.3 is 0 Å². The number of rotatable bonds is 4.